The van der Waals surface area contributed by atoms with Crippen molar-refractivity contribution < 1.29 is 22.7 Å². The first-order chi connectivity index (χ1) is 8.48. The fourth-order valence-electron chi connectivity index (χ4n) is 1.83. The van der Waals surface area contributed by atoms with E-state index in [1.807, 2.05) is 0 Å². The van der Waals surface area contributed by atoms with Crippen LogP contribution in [-0.2, 0) is 10.0 Å². The summed E-state index contributed by atoms with van der Waals surface area (Å²) < 4.78 is 43.7. The molecule has 0 aliphatic carbocycles. The summed E-state index contributed by atoms with van der Waals surface area (Å²) in [6, 6.07) is 3.37. The number of nitrogens with zero attached hydrogens (tertiary/aromatic N) is 1. The molecule has 0 radical (unpaired) electrons. The van der Waals surface area contributed by atoms with Crippen LogP contribution in [0.2, 0.25) is 0 Å². The fourth-order valence-corrected chi connectivity index (χ4v) is 3.58. The minimum Gasteiger partial charge on any atom is -0.495 e. The molecule has 1 aliphatic rings. The molecule has 0 atom stereocenters. The van der Waals surface area contributed by atoms with Gasteiger partial charge in [0.2, 0.25) is 10.0 Å². The van der Waals surface area contributed by atoms with Gasteiger partial charge in [-0.25, -0.2) is 12.8 Å². The molecule has 0 saturated carbocycles. The molecule has 0 amide bonds. The number of halogens is 1. The van der Waals surface area contributed by atoms with Gasteiger partial charge in [0.25, 0.3) is 0 Å². The normalized spacial score (nSPS) is 17.5. The molecule has 1 aromatic rings. The van der Waals surface area contributed by atoms with E-state index < -0.39 is 15.8 Å². The second kappa shape index (κ2) is 4.83. The maximum absolute atomic E-state index is 13.2. The highest BCUT2D eigenvalue weighted by molar-refractivity contribution is 7.89. The Morgan fingerprint density at radius 1 is 1.50 bits per heavy atom. The second-order valence-corrected chi connectivity index (χ2v) is 6.07. The average Bonchev–Trinajstić information content (AvgIpc) is 2.27. The first kappa shape index (κ1) is 13.3. The summed E-state index contributed by atoms with van der Waals surface area (Å²) in [6.45, 7) is 0.448. The molecule has 1 N–H and O–H groups in total. The quantitative estimate of drug-likeness (QED) is 0.866. The summed E-state index contributed by atoms with van der Waals surface area (Å²) in [5, 5.41) is 8.88. The summed E-state index contributed by atoms with van der Waals surface area (Å²) in [5.74, 6) is -0.559. The zero-order valence-electron chi connectivity index (χ0n) is 9.84. The number of methoxy groups -OCH3 is 1. The van der Waals surface area contributed by atoms with E-state index in [1.54, 1.807) is 0 Å². The van der Waals surface area contributed by atoms with Crippen LogP contribution in [0.25, 0.3) is 0 Å². The van der Waals surface area contributed by atoms with E-state index >= 15 is 0 Å². The molecule has 1 saturated heterocycles. The molecule has 1 aromatic carbocycles. The van der Waals surface area contributed by atoms with Gasteiger partial charge in [-0.05, 0) is 18.2 Å². The van der Waals surface area contributed by atoms with Crippen molar-refractivity contribution in [2.45, 2.75) is 4.90 Å². The van der Waals surface area contributed by atoms with Gasteiger partial charge < -0.3 is 9.84 Å². The van der Waals surface area contributed by atoms with Gasteiger partial charge in [-0.1, -0.05) is 0 Å². The third-order valence-electron chi connectivity index (χ3n) is 2.93. The Morgan fingerprint density at radius 2 is 2.17 bits per heavy atom. The largest absolute Gasteiger partial charge is 0.495 e. The van der Waals surface area contributed by atoms with E-state index in [0.717, 1.165) is 12.1 Å². The molecule has 2 rings (SSSR count). The lowest BCUT2D eigenvalue weighted by atomic mass is 10.1. The standard InChI is InChI=1S/C11H14FNO4S/c1-17-10-3-2-9(12)4-11(10)18(15,16)13-5-8(6-13)7-14/h2-4,8,14H,5-7H2,1H3. The molecule has 1 fully saturated rings. The zero-order chi connectivity index (χ0) is 13.3. The van der Waals surface area contributed by atoms with Crippen LogP contribution in [0.15, 0.2) is 23.1 Å². The highest BCUT2D eigenvalue weighted by Crippen LogP contribution is 2.31. The van der Waals surface area contributed by atoms with Crippen LogP contribution < -0.4 is 4.74 Å². The third kappa shape index (κ3) is 2.21. The molecule has 0 aromatic heterocycles. The summed E-state index contributed by atoms with van der Waals surface area (Å²) in [5.41, 5.74) is 0. The fraction of sp³-hybridized carbons (Fsp3) is 0.455. The Balaban J connectivity index is 2.33. The van der Waals surface area contributed by atoms with Crippen LogP contribution in [0.1, 0.15) is 0 Å². The van der Waals surface area contributed by atoms with Gasteiger partial charge in [-0.15, -0.1) is 0 Å². The predicted molar refractivity (Wildman–Crippen MR) is 62.3 cm³/mol. The van der Waals surface area contributed by atoms with Gasteiger partial charge >= 0.3 is 0 Å². The van der Waals surface area contributed by atoms with E-state index in [-0.39, 0.29) is 36.3 Å². The molecule has 1 heterocycles. The van der Waals surface area contributed by atoms with Crippen molar-refractivity contribution in [2.24, 2.45) is 5.92 Å². The monoisotopic (exact) mass is 275 g/mol. The third-order valence-corrected chi connectivity index (χ3v) is 4.78. The number of ether oxygens (including phenoxy) is 1. The molecule has 0 unspecified atom stereocenters. The number of hydrogen-bond acceptors (Lipinski definition) is 4. The maximum Gasteiger partial charge on any atom is 0.246 e. The van der Waals surface area contributed by atoms with Gasteiger partial charge in [0.15, 0.2) is 0 Å². The van der Waals surface area contributed by atoms with Crippen molar-refractivity contribution in [1.29, 1.82) is 0 Å². The van der Waals surface area contributed by atoms with Crippen molar-refractivity contribution in [3.8, 4) is 5.75 Å². The van der Waals surface area contributed by atoms with Gasteiger partial charge in [0.05, 0.1) is 7.11 Å². The molecular weight excluding hydrogens is 261 g/mol. The highest BCUT2D eigenvalue weighted by Gasteiger charge is 2.37. The van der Waals surface area contributed by atoms with Crippen LogP contribution in [0.4, 0.5) is 4.39 Å². The van der Waals surface area contributed by atoms with Gasteiger partial charge in [0, 0.05) is 25.6 Å². The van der Waals surface area contributed by atoms with Crippen LogP contribution in [0.3, 0.4) is 0 Å². The summed E-state index contributed by atoms with van der Waals surface area (Å²) in [6.07, 6.45) is 0. The van der Waals surface area contributed by atoms with Crippen molar-refractivity contribution in [2.75, 3.05) is 26.8 Å². The molecule has 0 bridgehead atoms. The average molecular weight is 275 g/mol. The highest BCUT2D eigenvalue weighted by atomic mass is 32.2. The van der Waals surface area contributed by atoms with Crippen molar-refractivity contribution in [3.05, 3.63) is 24.0 Å². The minimum atomic E-state index is -3.75. The topological polar surface area (TPSA) is 66.8 Å². The molecule has 1 aliphatic heterocycles. The van der Waals surface area contributed by atoms with Gasteiger partial charge in [-0.3, -0.25) is 0 Å². The van der Waals surface area contributed by atoms with E-state index in [0.29, 0.717) is 0 Å². The molecular formula is C11H14FNO4S. The summed E-state index contributed by atoms with van der Waals surface area (Å²) in [4.78, 5) is -0.179. The zero-order valence-corrected chi connectivity index (χ0v) is 10.7. The van der Waals surface area contributed by atoms with Crippen LogP contribution in [0, 0.1) is 11.7 Å². The smallest absolute Gasteiger partial charge is 0.246 e. The summed E-state index contributed by atoms with van der Waals surface area (Å²) >= 11 is 0. The summed E-state index contributed by atoms with van der Waals surface area (Å²) in [7, 11) is -2.42. The Labute approximate surface area is 105 Å². The lowest BCUT2D eigenvalue weighted by Gasteiger charge is -2.37. The molecule has 0 spiro atoms. The lowest BCUT2D eigenvalue weighted by molar-refractivity contribution is 0.117. The van der Waals surface area contributed by atoms with Crippen molar-refractivity contribution in [3.63, 3.8) is 0 Å². The van der Waals surface area contributed by atoms with Gasteiger partial charge in [-0.2, -0.15) is 4.31 Å². The molecule has 5 nitrogen and oxygen atoms in total. The number of aliphatic hydroxyl groups excluding tert-OH is 1. The first-order valence-electron chi connectivity index (χ1n) is 5.43. The number of hydrogen-bond donors (Lipinski definition) is 1. The number of rotatable bonds is 4. The van der Waals surface area contributed by atoms with Crippen molar-refractivity contribution in [1.82, 2.24) is 4.31 Å². The van der Waals surface area contributed by atoms with E-state index in [4.69, 9.17) is 9.84 Å². The number of benzene rings is 1. The van der Waals surface area contributed by atoms with E-state index in [1.165, 1.54) is 17.5 Å². The minimum absolute atomic E-state index is 0.0423. The SMILES string of the molecule is COc1ccc(F)cc1S(=O)(=O)N1CC(CO)C1. The number of sulfonamides is 1. The Bertz CT molecular complexity index is 540. The maximum atomic E-state index is 13.2. The number of aliphatic hydroxyl groups is 1. The Hall–Kier alpha value is -1.18. The van der Waals surface area contributed by atoms with Crippen LogP contribution in [0.5, 0.6) is 5.75 Å². The van der Waals surface area contributed by atoms with Crippen molar-refractivity contribution >= 4 is 10.0 Å². The predicted octanol–water partition coefficient (Wildman–Crippen LogP) is 0.447. The van der Waals surface area contributed by atoms with Crippen LogP contribution in [-0.4, -0.2) is 44.6 Å². The Morgan fingerprint density at radius 3 is 2.72 bits per heavy atom. The van der Waals surface area contributed by atoms with E-state index in [9.17, 15) is 12.8 Å². The van der Waals surface area contributed by atoms with Gasteiger partial charge in [0.1, 0.15) is 16.5 Å². The van der Waals surface area contributed by atoms with E-state index in [2.05, 4.69) is 0 Å². The Kier molecular flexibility index (Phi) is 3.56. The second-order valence-electron chi connectivity index (χ2n) is 4.17. The lowest BCUT2D eigenvalue weighted by Crippen LogP contribution is -2.51. The first-order valence-corrected chi connectivity index (χ1v) is 6.87. The molecule has 18 heavy (non-hydrogen) atoms. The molecule has 100 valence electrons. The van der Waals surface area contributed by atoms with Crippen LogP contribution >= 0.6 is 0 Å². The molecule has 7 heteroatoms.